The van der Waals surface area contributed by atoms with Gasteiger partial charge in [-0.05, 0) is 0 Å². The third kappa shape index (κ3) is 1.71. The topological polar surface area (TPSA) is 53.5 Å². The molecule has 4 heteroatoms. The Kier molecular flexibility index (Phi) is 1.67. The highest BCUT2D eigenvalue weighted by Crippen LogP contribution is 1.83. The maximum atomic E-state index is 10.4. The van der Waals surface area contributed by atoms with Crippen LogP contribution in [0.3, 0.4) is 0 Å². The number of amides is 1. The maximum absolute atomic E-state index is 10.4. The Hall–Kier alpha value is -1.06. The van der Waals surface area contributed by atoms with Crippen LogP contribution in [0.15, 0.2) is 5.10 Å². The fourth-order valence-electron chi connectivity index (χ4n) is 0.696. The molecule has 0 aromatic carbocycles. The molecular formula is C5H9N3O. The number of carbonyl (C=O) groups excluding carboxylic acids is 1. The van der Waals surface area contributed by atoms with Crippen LogP contribution in [0.25, 0.3) is 0 Å². The molecule has 0 aliphatic carbocycles. The van der Waals surface area contributed by atoms with E-state index in [-0.39, 0.29) is 11.9 Å². The lowest BCUT2D eigenvalue weighted by Crippen LogP contribution is -2.36. The zero-order valence-electron chi connectivity index (χ0n) is 5.22. The first-order valence-corrected chi connectivity index (χ1v) is 2.82. The Bertz CT molecular complexity index is 143. The summed E-state index contributed by atoms with van der Waals surface area (Å²) in [6.45, 7) is 2.20. The van der Waals surface area contributed by atoms with Crippen LogP contribution in [-0.2, 0) is 4.79 Å². The van der Waals surface area contributed by atoms with Gasteiger partial charge in [0.05, 0.1) is 12.6 Å². The van der Waals surface area contributed by atoms with Crippen LogP contribution < -0.4 is 10.7 Å². The van der Waals surface area contributed by atoms with E-state index in [2.05, 4.69) is 15.8 Å². The minimum absolute atomic E-state index is 0.0184. The van der Waals surface area contributed by atoms with Gasteiger partial charge in [-0.15, -0.1) is 0 Å². The lowest BCUT2D eigenvalue weighted by atomic mass is 10.3. The third-order valence-corrected chi connectivity index (χ3v) is 1.05. The van der Waals surface area contributed by atoms with E-state index in [1.807, 2.05) is 0 Å². The summed E-state index contributed by atoms with van der Waals surface area (Å²) in [5.74, 6) is -0.0184. The first-order valence-electron chi connectivity index (χ1n) is 2.82. The lowest BCUT2D eigenvalue weighted by Gasteiger charge is -2.04. The molecule has 50 valence electrons. The van der Waals surface area contributed by atoms with Gasteiger partial charge in [0.2, 0.25) is 5.91 Å². The van der Waals surface area contributed by atoms with Crippen LogP contribution in [0, 0.1) is 0 Å². The summed E-state index contributed by atoms with van der Waals surface area (Å²) in [6, 6.07) is 0.0856. The Morgan fingerprint density at radius 1 is 2.00 bits per heavy atom. The molecule has 0 radical (unpaired) electrons. The van der Waals surface area contributed by atoms with Gasteiger partial charge in [-0.2, -0.15) is 5.10 Å². The number of hydrogen-bond acceptors (Lipinski definition) is 3. The summed E-state index contributed by atoms with van der Waals surface area (Å²) < 4.78 is 0. The summed E-state index contributed by atoms with van der Waals surface area (Å²) >= 11 is 0. The largest absolute Gasteiger partial charge is 0.347 e. The highest BCUT2D eigenvalue weighted by molar-refractivity contribution is 5.79. The standard InChI is InChI=1S/C5H9N3O/c1-4(9)8-5-2-6-7-3-5/h2,5,7H,3H2,1H3,(H,8,9). The summed E-state index contributed by atoms with van der Waals surface area (Å²) in [5.41, 5.74) is 2.73. The van der Waals surface area contributed by atoms with E-state index in [0.717, 1.165) is 0 Å². The zero-order chi connectivity index (χ0) is 6.69. The molecule has 2 N–H and O–H groups in total. The predicted molar refractivity (Wildman–Crippen MR) is 34.1 cm³/mol. The Labute approximate surface area is 53.3 Å². The van der Waals surface area contributed by atoms with Crippen molar-refractivity contribution in [1.82, 2.24) is 10.7 Å². The van der Waals surface area contributed by atoms with Gasteiger partial charge in [0.15, 0.2) is 0 Å². The molecule has 1 rings (SSSR count). The SMILES string of the molecule is CC(=O)NC1C=NNC1. The van der Waals surface area contributed by atoms with Crippen molar-refractivity contribution in [3.8, 4) is 0 Å². The molecule has 4 nitrogen and oxygen atoms in total. The molecule has 0 bridgehead atoms. The van der Waals surface area contributed by atoms with Crippen molar-refractivity contribution in [3.63, 3.8) is 0 Å². The molecule has 0 saturated carbocycles. The molecule has 0 aromatic heterocycles. The molecule has 9 heavy (non-hydrogen) atoms. The van der Waals surface area contributed by atoms with Crippen molar-refractivity contribution in [1.29, 1.82) is 0 Å². The fourth-order valence-corrected chi connectivity index (χ4v) is 0.696. The molecule has 0 saturated heterocycles. The number of rotatable bonds is 1. The maximum Gasteiger partial charge on any atom is 0.217 e. The average Bonchev–Trinajstić information content (AvgIpc) is 2.15. The predicted octanol–water partition coefficient (Wildman–Crippen LogP) is -0.920. The summed E-state index contributed by atoms with van der Waals surface area (Å²) in [6.07, 6.45) is 1.68. The average molecular weight is 127 g/mol. The molecule has 1 atom stereocenters. The van der Waals surface area contributed by atoms with E-state index in [4.69, 9.17) is 0 Å². The molecule has 0 aromatic rings. The van der Waals surface area contributed by atoms with Crippen molar-refractivity contribution in [2.45, 2.75) is 13.0 Å². The zero-order valence-corrected chi connectivity index (χ0v) is 5.22. The van der Waals surface area contributed by atoms with Crippen LogP contribution in [0.4, 0.5) is 0 Å². The van der Waals surface area contributed by atoms with Gasteiger partial charge in [-0.3, -0.25) is 4.79 Å². The van der Waals surface area contributed by atoms with Crippen molar-refractivity contribution < 1.29 is 4.79 Å². The van der Waals surface area contributed by atoms with Crippen molar-refractivity contribution >= 4 is 12.1 Å². The van der Waals surface area contributed by atoms with Crippen LogP contribution >= 0.6 is 0 Å². The van der Waals surface area contributed by atoms with Gasteiger partial charge in [-0.25, -0.2) is 0 Å². The van der Waals surface area contributed by atoms with E-state index in [9.17, 15) is 4.79 Å². The first-order chi connectivity index (χ1) is 4.29. The van der Waals surface area contributed by atoms with Gasteiger partial charge >= 0.3 is 0 Å². The Balaban J connectivity index is 2.28. The monoisotopic (exact) mass is 127 g/mol. The van der Waals surface area contributed by atoms with Crippen LogP contribution in [-0.4, -0.2) is 24.7 Å². The number of nitrogens with one attached hydrogen (secondary N) is 2. The molecule has 1 heterocycles. The van der Waals surface area contributed by atoms with E-state index in [1.54, 1.807) is 6.21 Å². The normalized spacial score (nSPS) is 23.4. The van der Waals surface area contributed by atoms with E-state index in [0.29, 0.717) is 6.54 Å². The van der Waals surface area contributed by atoms with Gasteiger partial charge in [-0.1, -0.05) is 0 Å². The van der Waals surface area contributed by atoms with Crippen molar-refractivity contribution in [3.05, 3.63) is 0 Å². The molecule has 0 fully saturated rings. The number of nitrogens with zero attached hydrogens (tertiary/aromatic N) is 1. The summed E-state index contributed by atoms with van der Waals surface area (Å²) in [4.78, 5) is 10.4. The first kappa shape index (κ1) is 6.07. The van der Waals surface area contributed by atoms with Gasteiger partial charge in [0, 0.05) is 13.1 Å². The Morgan fingerprint density at radius 3 is 3.22 bits per heavy atom. The van der Waals surface area contributed by atoms with Crippen LogP contribution in [0.2, 0.25) is 0 Å². The van der Waals surface area contributed by atoms with E-state index in [1.165, 1.54) is 6.92 Å². The smallest absolute Gasteiger partial charge is 0.217 e. The van der Waals surface area contributed by atoms with Crippen molar-refractivity contribution in [2.24, 2.45) is 5.10 Å². The molecule has 1 amide bonds. The second-order valence-electron chi connectivity index (χ2n) is 1.95. The molecule has 1 unspecified atom stereocenters. The van der Waals surface area contributed by atoms with Gasteiger partial charge in [0.1, 0.15) is 0 Å². The van der Waals surface area contributed by atoms with Gasteiger partial charge in [0.25, 0.3) is 0 Å². The van der Waals surface area contributed by atoms with Crippen molar-refractivity contribution in [2.75, 3.05) is 6.54 Å². The second kappa shape index (κ2) is 2.48. The second-order valence-corrected chi connectivity index (χ2v) is 1.95. The van der Waals surface area contributed by atoms with Crippen LogP contribution in [0.5, 0.6) is 0 Å². The summed E-state index contributed by atoms with van der Waals surface area (Å²) in [5, 5.41) is 6.42. The number of hydrogen-bond donors (Lipinski definition) is 2. The van der Waals surface area contributed by atoms with E-state index >= 15 is 0 Å². The number of hydrazone groups is 1. The minimum Gasteiger partial charge on any atom is -0.347 e. The molecule has 1 aliphatic heterocycles. The van der Waals surface area contributed by atoms with Crippen LogP contribution in [0.1, 0.15) is 6.92 Å². The minimum atomic E-state index is -0.0184. The third-order valence-electron chi connectivity index (χ3n) is 1.05. The lowest BCUT2D eigenvalue weighted by molar-refractivity contribution is -0.119. The fraction of sp³-hybridized carbons (Fsp3) is 0.600. The number of carbonyl (C=O) groups is 1. The highest BCUT2D eigenvalue weighted by Gasteiger charge is 2.09. The molecular weight excluding hydrogens is 118 g/mol. The van der Waals surface area contributed by atoms with Gasteiger partial charge < -0.3 is 10.7 Å². The quantitative estimate of drug-likeness (QED) is 0.478. The Morgan fingerprint density at radius 2 is 2.78 bits per heavy atom. The molecule has 0 spiro atoms. The van der Waals surface area contributed by atoms with E-state index < -0.39 is 0 Å². The molecule has 1 aliphatic rings. The highest BCUT2D eigenvalue weighted by atomic mass is 16.1. The summed E-state index contributed by atoms with van der Waals surface area (Å²) in [7, 11) is 0.